The second kappa shape index (κ2) is 6.46. The molecule has 1 atom stereocenters. The summed E-state index contributed by atoms with van der Waals surface area (Å²) in [4.78, 5) is 0.884. The SMILES string of the molecule is Cc1cc(S(=O)(=O)NC(C)c2ccc(Cl)cc2)sc1CN. The Kier molecular flexibility index (Phi) is 5.06. The molecule has 2 aromatic rings. The van der Waals surface area contributed by atoms with Gasteiger partial charge in [-0.3, -0.25) is 0 Å². The van der Waals surface area contributed by atoms with Crippen LogP contribution in [0.15, 0.2) is 34.5 Å². The minimum Gasteiger partial charge on any atom is -0.326 e. The molecule has 0 saturated carbocycles. The maximum atomic E-state index is 12.4. The van der Waals surface area contributed by atoms with Crippen LogP contribution in [0, 0.1) is 6.92 Å². The number of nitrogens with two attached hydrogens (primary N) is 1. The molecule has 2 rings (SSSR count). The summed E-state index contributed by atoms with van der Waals surface area (Å²) in [7, 11) is -3.55. The van der Waals surface area contributed by atoms with Crippen molar-refractivity contribution < 1.29 is 8.42 Å². The molecule has 21 heavy (non-hydrogen) atoms. The number of rotatable bonds is 5. The van der Waals surface area contributed by atoms with Gasteiger partial charge in [-0.25, -0.2) is 13.1 Å². The zero-order valence-corrected chi connectivity index (χ0v) is 14.1. The summed E-state index contributed by atoms with van der Waals surface area (Å²) in [5.41, 5.74) is 7.36. The molecule has 0 amide bonds. The molecule has 0 bridgehead atoms. The van der Waals surface area contributed by atoms with Crippen molar-refractivity contribution in [3.05, 3.63) is 51.4 Å². The van der Waals surface area contributed by atoms with Crippen LogP contribution in [0.25, 0.3) is 0 Å². The predicted molar refractivity (Wildman–Crippen MR) is 87.1 cm³/mol. The molecule has 0 aliphatic heterocycles. The van der Waals surface area contributed by atoms with Gasteiger partial charge in [-0.05, 0) is 43.2 Å². The van der Waals surface area contributed by atoms with E-state index in [0.717, 1.165) is 16.0 Å². The van der Waals surface area contributed by atoms with Crippen LogP contribution in [0.5, 0.6) is 0 Å². The molecule has 0 radical (unpaired) electrons. The number of thiophene rings is 1. The Bertz CT molecular complexity index is 724. The van der Waals surface area contributed by atoms with E-state index in [-0.39, 0.29) is 6.04 Å². The lowest BCUT2D eigenvalue weighted by Gasteiger charge is -2.13. The van der Waals surface area contributed by atoms with E-state index in [1.807, 2.05) is 6.92 Å². The fraction of sp³-hybridized carbons (Fsp3) is 0.286. The average Bonchev–Trinajstić information content (AvgIpc) is 2.81. The lowest BCUT2D eigenvalue weighted by atomic mass is 10.1. The zero-order chi connectivity index (χ0) is 15.6. The van der Waals surface area contributed by atoms with Crippen LogP contribution in [-0.2, 0) is 16.6 Å². The van der Waals surface area contributed by atoms with Gasteiger partial charge in [-0.2, -0.15) is 0 Å². The van der Waals surface area contributed by atoms with Crippen molar-refractivity contribution >= 4 is 33.0 Å². The minimum absolute atomic E-state index is 0.293. The number of hydrogen-bond acceptors (Lipinski definition) is 4. The molecule has 3 N–H and O–H groups in total. The first-order chi connectivity index (χ1) is 9.83. The highest BCUT2D eigenvalue weighted by atomic mass is 35.5. The van der Waals surface area contributed by atoms with E-state index in [9.17, 15) is 8.42 Å². The fourth-order valence-electron chi connectivity index (χ4n) is 1.93. The van der Waals surface area contributed by atoms with Crippen LogP contribution in [-0.4, -0.2) is 8.42 Å². The summed E-state index contributed by atoms with van der Waals surface area (Å²) in [6.07, 6.45) is 0. The van der Waals surface area contributed by atoms with E-state index in [4.69, 9.17) is 17.3 Å². The fourth-order valence-corrected chi connectivity index (χ4v) is 4.78. The van der Waals surface area contributed by atoms with Gasteiger partial charge in [0, 0.05) is 22.5 Å². The standard InChI is InChI=1S/C14H17ClN2O2S2/c1-9-7-14(20-13(9)8-16)21(18,19)17-10(2)11-3-5-12(15)6-4-11/h3-7,10,17H,8,16H2,1-2H3. The van der Waals surface area contributed by atoms with Crippen LogP contribution in [0.2, 0.25) is 5.02 Å². The number of nitrogens with one attached hydrogen (secondary N) is 1. The first-order valence-corrected chi connectivity index (χ1v) is 9.08. The van der Waals surface area contributed by atoms with E-state index in [1.165, 1.54) is 11.3 Å². The highest BCUT2D eigenvalue weighted by molar-refractivity contribution is 7.91. The van der Waals surface area contributed by atoms with Crippen LogP contribution in [0.1, 0.15) is 29.0 Å². The first-order valence-electron chi connectivity index (χ1n) is 6.40. The summed E-state index contributed by atoms with van der Waals surface area (Å²) in [5.74, 6) is 0. The lowest BCUT2D eigenvalue weighted by molar-refractivity contribution is 0.569. The molecule has 1 aromatic heterocycles. The van der Waals surface area contributed by atoms with Crippen molar-refractivity contribution in [1.82, 2.24) is 4.72 Å². The second-order valence-corrected chi connectivity index (χ2v) is 8.28. The van der Waals surface area contributed by atoms with E-state index >= 15 is 0 Å². The van der Waals surface area contributed by atoms with Gasteiger partial charge in [0.25, 0.3) is 10.0 Å². The summed E-state index contributed by atoms with van der Waals surface area (Å²) < 4.78 is 27.8. The van der Waals surface area contributed by atoms with Gasteiger partial charge in [-0.15, -0.1) is 11.3 Å². The molecule has 1 heterocycles. The van der Waals surface area contributed by atoms with E-state index in [0.29, 0.717) is 15.8 Å². The Morgan fingerprint density at radius 2 is 1.95 bits per heavy atom. The maximum Gasteiger partial charge on any atom is 0.250 e. The maximum absolute atomic E-state index is 12.4. The molecule has 0 fully saturated rings. The summed E-state index contributed by atoms with van der Waals surface area (Å²) in [6.45, 7) is 4.00. The Balaban J connectivity index is 2.22. The molecule has 1 aromatic carbocycles. The molecule has 114 valence electrons. The molecule has 1 unspecified atom stereocenters. The largest absolute Gasteiger partial charge is 0.326 e. The van der Waals surface area contributed by atoms with Crippen LogP contribution >= 0.6 is 22.9 Å². The Morgan fingerprint density at radius 1 is 1.33 bits per heavy atom. The van der Waals surface area contributed by atoms with Gasteiger partial charge in [0.15, 0.2) is 0 Å². The summed E-state index contributed by atoms with van der Waals surface area (Å²) >= 11 is 7.04. The predicted octanol–water partition coefficient (Wildman–Crippen LogP) is 3.21. The molecule has 4 nitrogen and oxygen atoms in total. The number of hydrogen-bond donors (Lipinski definition) is 2. The van der Waals surface area contributed by atoms with Gasteiger partial charge in [-0.1, -0.05) is 23.7 Å². The Labute approximate surface area is 134 Å². The highest BCUT2D eigenvalue weighted by Crippen LogP contribution is 2.27. The van der Waals surface area contributed by atoms with E-state index < -0.39 is 10.0 Å². The topological polar surface area (TPSA) is 72.2 Å². The van der Waals surface area contributed by atoms with Gasteiger partial charge in [0.1, 0.15) is 4.21 Å². The molecular formula is C14H17ClN2O2S2. The van der Waals surface area contributed by atoms with Crippen LogP contribution < -0.4 is 10.5 Å². The van der Waals surface area contributed by atoms with Crippen molar-refractivity contribution in [1.29, 1.82) is 0 Å². The molecule has 7 heteroatoms. The Morgan fingerprint density at radius 3 is 2.48 bits per heavy atom. The van der Waals surface area contributed by atoms with Crippen LogP contribution in [0.3, 0.4) is 0 Å². The van der Waals surface area contributed by atoms with Crippen molar-refractivity contribution in [2.24, 2.45) is 5.73 Å². The number of sulfonamides is 1. The summed E-state index contributed by atoms with van der Waals surface area (Å²) in [5, 5.41) is 0.621. The van der Waals surface area contributed by atoms with Crippen molar-refractivity contribution in [2.75, 3.05) is 0 Å². The molecule has 0 aliphatic carbocycles. The lowest BCUT2D eigenvalue weighted by Crippen LogP contribution is -2.26. The normalized spacial score (nSPS) is 13.3. The minimum atomic E-state index is -3.55. The summed E-state index contributed by atoms with van der Waals surface area (Å²) in [6, 6.07) is 8.41. The van der Waals surface area contributed by atoms with Crippen molar-refractivity contribution in [3.63, 3.8) is 0 Å². The van der Waals surface area contributed by atoms with Gasteiger partial charge >= 0.3 is 0 Å². The van der Waals surface area contributed by atoms with Crippen molar-refractivity contribution in [2.45, 2.75) is 30.6 Å². The number of aryl methyl sites for hydroxylation is 1. The molecule has 0 spiro atoms. The third kappa shape index (κ3) is 3.84. The molecule has 0 saturated heterocycles. The highest BCUT2D eigenvalue weighted by Gasteiger charge is 2.21. The molecular weight excluding hydrogens is 328 g/mol. The van der Waals surface area contributed by atoms with Gasteiger partial charge < -0.3 is 5.73 Å². The Hall–Kier alpha value is -0.920. The third-order valence-corrected chi connectivity index (χ3v) is 6.68. The van der Waals surface area contributed by atoms with Crippen molar-refractivity contribution in [3.8, 4) is 0 Å². The number of benzene rings is 1. The second-order valence-electron chi connectivity index (χ2n) is 4.77. The quantitative estimate of drug-likeness (QED) is 0.874. The monoisotopic (exact) mass is 344 g/mol. The third-order valence-electron chi connectivity index (χ3n) is 3.15. The van der Waals surface area contributed by atoms with E-state index in [2.05, 4.69) is 4.72 Å². The first kappa shape index (κ1) is 16.5. The average molecular weight is 345 g/mol. The molecule has 0 aliphatic rings. The smallest absolute Gasteiger partial charge is 0.250 e. The van der Waals surface area contributed by atoms with Crippen LogP contribution in [0.4, 0.5) is 0 Å². The van der Waals surface area contributed by atoms with Gasteiger partial charge in [0.2, 0.25) is 0 Å². The van der Waals surface area contributed by atoms with E-state index in [1.54, 1.807) is 37.3 Å². The van der Waals surface area contributed by atoms with Gasteiger partial charge in [0.05, 0.1) is 0 Å². The number of halogens is 1. The zero-order valence-electron chi connectivity index (χ0n) is 11.8.